The molecule has 6 unspecified atom stereocenters. The molecule has 0 aliphatic heterocycles. The minimum absolute atomic E-state index is 0. The van der Waals surface area contributed by atoms with E-state index in [-0.39, 0.29) is 11.0 Å². The van der Waals surface area contributed by atoms with E-state index in [1.807, 2.05) is 0 Å². The summed E-state index contributed by atoms with van der Waals surface area (Å²) in [5.74, 6) is 7.16. The number of rotatable bonds is 10. The second-order valence-corrected chi connectivity index (χ2v) is 11.4. The lowest BCUT2D eigenvalue weighted by Gasteiger charge is -2.45. The van der Waals surface area contributed by atoms with Crippen LogP contribution in [0, 0.1) is 47.3 Å². The van der Waals surface area contributed by atoms with Gasteiger partial charge in [-0.05, 0) is 144 Å². The fourth-order valence-electron chi connectivity index (χ4n) is 8.01. The SMILES string of the molecule is NCCC1CC(CCN)CC(C2CCCC(C3CC(CCN)CC(CCN)C3)C2)C1.O.O. The largest absolute Gasteiger partial charge is 0.412 e. The summed E-state index contributed by atoms with van der Waals surface area (Å²) in [4.78, 5) is 0. The van der Waals surface area contributed by atoms with Gasteiger partial charge >= 0.3 is 0 Å². The monoisotopic (exact) mass is 456 g/mol. The first-order valence-corrected chi connectivity index (χ1v) is 13.5. The zero-order chi connectivity index (χ0) is 21.3. The summed E-state index contributed by atoms with van der Waals surface area (Å²) in [5, 5.41) is 0. The van der Waals surface area contributed by atoms with Crippen LogP contribution in [0.2, 0.25) is 0 Å². The van der Waals surface area contributed by atoms with Gasteiger partial charge < -0.3 is 33.9 Å². The average Bonchev–Trinajstić information content (AvgIpc) is 2.74. The molecule has 6 atom stereocenters. The van der Waals surface area contributed by atoms with Crippen LogP contribution in [0.1, 0.15) is 89.9 Å². The minimum atomic E-state index is 0. The fourth-order valence-corrected chi connectivity index (χ4v) is 8.01. The van der Waals surface area contributed by atoms with Crippen LogP contribution in [0.15, 0.2) is 0 Å². The Morgan fingerprint density at radius 2 is 0.719 bits per heavy atom. The van der Waals surface area contributed by atoms with Crippen LogP contribution in [-0.2, 0) is 0 Å². The van der Waals surface area contributed by atoms with Crippen LogP contribution in [0.4, 0.5) is 0 Å². The second-order valence-electron chi connectivity index (χ2n) is 11.4. The van der Waals surface area contributed by atoms with Gasteiger partial charge in [0.15, 0.2) is 0 Å². The Kier molecular flexibility index (Phi) is 14.5. The van der Waals surface area contributed by atoms with Crippen molar-refractivity contribution in [3.05, 3.63) is 0 Å². The van der Waals surface area contributed by atoms with Crippen molar-refractivity contribution in [1.82, 2.24) is 0 Å². The Balaban J connectivity index is 0.00000256. The Labute approximate surface area is 197 Å². The molecule has 3 fully saturated rings. The molecule has 0 aromatic rings. The highest BCUT2D eigenvalue weighted by atomic mass is 16.0. The van der Waals surface area contributed by atoms with Crippen LogP contribution in [0.25, 0.3) is 0 Å². The summed E-state index contributed by atoms with van der Waals surface area (Å²) < 4.78 is 0. The van der Waals surface area contributed by atoms with Crippen LogP contribution in [0.3, 0.4) is 0 Å². The van der Waals surface area contributed by atoms with Crippen LogP contribution >= 0.6 is 0 Å². The van der Waals surface area contributed by atoms with E-state index in [0.29, 0.717) is 0 Å². The summed E-state index contributed by atoms with van der Waals surface area (Å²) >= 11 is 0. The standard InChI is InChI=1S/C26H52N4.2H2O/c27-8-4-19-12-20(5-9-28)15-25(14-19)23-2-1-3-24(18-23)26-16-21(6-10-29)13-22(17-26)7-11-30;;/h19-26H,1-18,27-30H2;2*1H2. The van der Waals surface area contributed by atoms with Crippen molar-refractivity contribution in [3.8, 4) is 0 Å². The molecule has 3 saturated carbocycles. The van der Waals surface area contributed by atoms with E-state index < -0.39 is 0 Å². The molecule has 192 valence electrons. The van der Waals surface area contributed by atoms with Crippen molar-refractivity contribution in [3.63, 3.8) is 0 Å². The first kappa shape index (κ1) is 29.8. The lowest BCUT2D eigenvalue weighted by atomic mass is 9.60. The summed E-state index contributed by atoms with van der Waals surface area (Å²) in [7, 11) is 0. The van der Waals surface area contributed by atoms with E-state index >= 15 is 0 Å². The number of hydrogen-bond donors (Lipinski definition) is 4. The predicted molar refractivity (Wildman–Crippen MR) is 136 cm³/mol. The minimum Gasteiger partial charge on any atom is -0.412 e. The molecule has 0 spiro atoms. The van der Waals surface area contributed by atoms with Crippen LogP contribution in [0.5, 0.6) is 0 Å². The maximum Gasteiger partial charge on any atom is -0.00746 e. The summed E-state index contributed by atoms with van der Waals surface area (Å²) in [6.45, 7) is 3.42. The lowest BCUT2D eigenvalue weighted by molar-refractivity contribution is 0.0555. The van der Waals surface area contributed by atoms with Crippen molar-refractivity contribution in [2.45, 2.75) is 89.9 Å². The third-order valence-electron chi connectivity index (χ3n) is 9.27. The van der Waals surface area contributed by atoms with Gasteiger partial charge in [-0.15, -0.1) is 0 Å². The molecule has 32 heavy (non-hydrogen) atoms. The van der Waals surface area contributed by atoms with Crippen molar-refractivity contribution in [2.75, 3.05) is 26.2 Å². The van der Waals surface area contributed by atoms with E-state index in [0.717, 1.165) is 73.5 Å². The molecule has 12 N–H and O–H groups in total. The highest BCUT2D eigenvalue weighted by Gasteiger charge is 2.39. The van der Waals surface area contributed by atoms with E-state index in [2.05, 4.69) is 0 Å². The van der Waals surface area contributed by atoms with Gasteiger partial charge in [0.1, 0.15) is 0 Å². The summed E-state index contributed by atoms with van der Waals surface area (Å²) in [5.41, 5.74) is 23.8. The molecule has 0 aromatic carbocycles. The summed E-state index contributed by atoms with van der Waals surface area (Å²) in [6.07, 6.45) is 19.3. The van der Waals surface area contributed by atoms with Crippen molar-refractivity contribution in [2.24, 2.45) is 70.3 Å². The molecule has 0 aromatic heterocycles. The molecule has 3 aliphatic rings. The first-order chi connectivity index (χ1) is 14.7. The maximum absolute atomic E-state index is 5.95. The maximum atomic E-state index is 5.95. The van der Waals surface area contributed by atoms with Gasteiger partial charge in [-0.2, -0.15) is 0 Å². The summed E-state index contributed by atoms with van der Waals surface area (Å²) in [6, 6.07) is 0. The van der Waals surface area contributed by atoms with Crippen molar-refractivity contribution in [1.29, 1.82) is 0 Å². The molecule has 0 amide bonds. The second kappa shape index (κ2) is 15.6. The average molecular weight is 457 g/mol. The highest BCUT2D eigenvalue weighted by Crippen LogP contribution is 2.49. The molecular formula is C26H56N4O2. The van der Waals surface area contributed by atoms with Gasteiger partial charge in [0, 0.05) is 0 Å². The number of nitrogens with two attached hydrogens (primary N) is 4. The topological polar surface area (TPSA) is 167 Å². The van der Waals surface area contributed by atoms with Gasteiger partial charge in [-0.3, -0.25) is 0 Å². The van der Waals surface area contributed by atoms with Crippen LogP contribution < -0.4 is 22.9 Å². The normalized spacial score (nSPS) is 37.9. The smallest absolute Gasteiger partial charge is 0.00746 e. The Morgan fingerprint density at radius 1 is 0.406 bits per heavy atom. The molecule has 3 rings (SSSR count). The predicted octanol–water partition coefficient (Wildman–Crippen LogP) is 2.60. The van der Waals surface area contributed by atoms with E-state index in [4.69, 9.17) is 22.9 Å². The van der Waals surface area contributed by atoms with Gasteiger partial charge in [-0.1, -0.05) is 19.3 Å². The Hall–Kier alpha value is -0.240. The molecule has 0 heterocycles. The highest BCUT2D eigenvalue weighted by molar-refractivity contribution is 4.90. The molecule has 3 aliphatic carbocycles. The molecule has 0 bridgehead atoms. The Bertz CT molecular complexity index is 413. The quantitative estimate of drug-likeness (QED) is 0.396. The number of hydrogen-bond acceptors (Lipinski definition) is 4. The van der Waals surface area contributed by atoms with E-state index in [1.165, 1.54) is 89.9 Å². The zero-order valence-corrected chi connectivity index (χ0v) is 20.7. The lowest BCUT2D eigenvalue weighted by Crippen LogP contribution is -2.36. The first-order valence-electron chi connectivity index (χ1n) is 13.5. The van der Waals surface area contributed by atoms with Crippen LogP contribution in [-0.4, -0.2) is 37.1 Å². The third-order valence-corrected chi connectivity index (χ3v) is 9.27. The van der Waals surface area contributed by atoms with E-state index in [9.17, 15) is 0 Å². The van der Waals surface area contributed by atoms with Crippen molar-refractivity contribution >= 4 is 0 Å². The van der Waals surface area contributed by atoms with Crippen molar-refractivity contribution < 1.29 is 11.0 Å². The third kappa shape index (κ3) is 8.52. The fraction of sp³-hybridized carbons (Fsp3) is 1.00. The molecule has 6 nitrogen and oxygen atoms in total. The Morgan fingerprint density at radius 3 is 1.00 bits per heavy atom. The molecule has 6 heteroatoms. The zero-order valence-electron chi connectivity index (χ0n) is 20.7. The molecule has 0 saturated heterocycles. The molecule has 0 radical (unpaired) electrons. The van der Waals surface area contributed by atoms with Gasteiger partial charge in [0.05, 0.1) is 0 Å². The van der Waals surface area contributed by atoms with Gasteiger partial charge in [-0.25, -0.2) is 0 Å². The van der Waals surface area contributed by atoms with Gasteiger partial charge in [0.25, 0.3) is 0 Å². The van der Waals surface area contributed by atoms with E-state index in [1.54, 1.807) is 0 Å². The van der Waals surface area contributed by atoms with Gasteiger partial charge in [0.2, 0.25) is 0 Å². The molecular weight excluding hydrogens is 400 g/mol.